The molecule has 0 fully saturated rings. The second kappa shape index (κ2) is 8.35. The van der Waals surface area contributed by atoms with E-state index in [9.17, 15) is 0 Å². The van der Waals surface area contributed by atoms with Crippen LogP contribution in [0.4, 0.5) is 11.5 Å². The average molecular weight is 358 g/mol. The van der Waals surface area contributed by atoms with Crippen LogP contribution in [0.2, 0.25) is 0 Å². The molecule has 0 radical (unpaired) electrons. The molecule has 0 spiro atoms. The van der Waals surface area contributed by atoms with Crippen LogP contribution in [0.25, 0.3) is 11.3 Å². The number of hydrogen-bond donors (Lipinski definition) is 1. The van der Waals surface area contributed by atoms with Crippen molar-refractivity contribution in [2.75, 3.05) is 19.5 Å². The summed E-state index contributed by atoms with van der Waals surface area (Å²) in [7, 11) is 3.30. The van der Waals surface area contributed by atoms with Crippen LogP contribution in [0.5, 0.6) is 11.5 Å². The Balaban J connectivity index is 0.00000225. The van der Waals surface area contributed by atoms with E-state index in [1.54, 1.807) is 14.2 Å². The zero-order valence-corrected chi connectivity index (χ0v) is 15.1. The Bertz CT molecular complexity index is 838. The number of ether oxygens (including phenoxy) is 2. The van der Waals surface area contributed by atoms with E-state index >= 15 is 0 Å². The standard InChI is InChI=1S/C19H19N3O2.ClH/c1-13-20-18(14-7-9-16(23-2)10-8-14)12-19(21-13)22-15-5-4-6-17(11-15)24-3;/h4-12H,1-3H3,(H,20,21,22);1H. The van der Waals surface area contributed by atoms with Gasteiger partial charge in [-0.15, -0.1) is 12.4 Å². The number of hydrogen-bond acceptors (Lipinski definition) is 5. The predicted octanol–water partition coefficient (Wildman–Crippen LogP) is 4.63. The van der Waals surface area contributed by atoms with E-state index in [1.807, 2.05) is 61.5 Å². The minimum absolute atomic E-state index is 0. The molecule has 0 amide bonds. The summed E-state index contributed by atoms with van der Waals surface area (Å²) in [5, 5.41) is 3.30. The van der Waals surface area contributed by atoms with Gasteiger partial charge in [0.2, 0.25) is 0 Å². The molecule has 1 N–H and O–H groups in total. The van der Waals surface area contributed by atoms with Gasteiger partial charge >= 0.3 is 0 Å². The van der Waals surface area contributed by atoms with Gasteiger partial charge in [-0.05, 0) is 43.3 Å². The van der Waals surface area contributed by atoms with Crippen LogP contribution in [0.3, 0.4) is 0 Å². The molecule has 0 aliphatic rings. The van der Waals surface area contributed by atoms with Crippen LogP contribution in [0.15, 0.2) is 54.6 Å². The van der Waals surface area contributed by atoms with Crippen molar-refractivity contribution in [1.82, 2.24) is 9.97 Å². The van der Waals surface area contributed by atoms with Crippen molar-refractivity contribution in [2.45, 2.75) is 6.92 Å². The molecule has 130 valence electrons. The lowest BCUT2D eigenvalue weighted by molar-refractivity contribution is 0.415. The second-order valence-corrected chi connectivity index (χ2v) is 5.27. The summed E-state index contributed by atoms with van der Waals surface area (Å²) >= 11 is 0. The largest absolute Gasteiger partial charge is 0.497 e. The number of aryl methyl sites for hydroxylation is 1. The summed E-state index contributed by atoms with van der Waals surface area (Å²) in [6.45, 7) is 1.88. The zero-order chi connectivity index (χ0) is 16.9. The highest BCUT2D eigenvalue weighted by atomic mass is 35.5. The zero-order valence-electron chi connectivity index (χ0n) is 14.3. The van der Waals surface area contributed by atoms with Crippen molar-refractivity contribution >= 4 is 23.9 Å². The number of nitrogens with zero attached hydrogens (tertiary/aromatic N) is 2. The Hall–Kier alpha value is -2.79. The number of rotatable bonds is 5. The van der Waals surface area contributed by atoms with Crippen molar-refractivity contribution in [2.24, 2.45) is 0 Å². The smallest absolute Gasteiger partial charge is 0.134 e. The number of halogens is 1. The number of nitrogens with one attached hydrogen (secondary N) is 1. The van der Waals surface area contributed by atoms with Crippen LogP contribution in [0, 0.1) is 6.92 Å². The van der Waals surface area contributed by atoms with Gasteiger partial charge in [-0.2, -0.15) is 0 Å². The van der Waals surface area contributed by atoms with Gasteiger partial charge in [0.25, 0.3) is 0 Å². The molecule has 1 aromatic heterocycles. The van der Waals surface area contributed by atoms with Gasteiger partial charge in [-0.25, -0.2) is 9.97 Å². The third kappa shape index (κ3) is 4.61. The summed E-state index contributed by atoms with van der Waals surface area (Å²) in [5.74, 6) is 3.05. The van der Waals surface area contributed by atoms with E-state index in [1.165, 1.54) is 0 Å². The Morgan fingerprint density at radius 3 is 2.24 bits per heavy atom. The quantitative estimate of drug-likeness (QED) is 0.721. The molecule has 3 rings (SSSR count). The van der Waals surface area contributed by atoms with Crippen LogP contribution < -0.4 is 14.8 Å². The number of methoxy groups -OCH3 is 2. The second-order valence-electron chi connectivity index (χ2n) is 5.27. The van der Waals surface area contributed by atoms with E-state index < -0.39 is 0 Å². The Morgan fingerprint density at radius 1 is 0.840 bits per heavy atom. The molecular weight excluding hydrogens is 338 g/mol. The SMILES string of the molecule is COc1ccc(-c2cc(Nc3cccc(OC)c3)nc(C)n2)cc1.Cl. The highest BCUT2D eigenvalue weighted by Crippen LogP contribution is 2.25. The number of benzene rings is 2. The maximum atomic E-state index is 5.25. The monoisotopic (exact) mass is 357 g/mol. The third-order valence-corrected chi connectivity index (χ3v) is 3.57. The molecule has 5 nitrogen and oxygen atoms in total. The van der Waals surface area contributed by atoms with Gasteiger partial charge in [0.1, 0.15) is 23.1 Å². The average Bonchev–Trinajstić information content (AvgIpc) is 2.61. The van der Waals surface area contributed by atoms with Crippen LogP contribution in [-0.4, -0.2) is 24.2 Å². The van der Waals surface area contributed by atoms with Crippen molar-refractivity contribution in [1.29, 1.82) is 0 Å². The molecule has 25 heavy (non-hydrogen) atoms. The van der Waals surface area contributed by atoms with Gasteiger partial charge in [-0.3, -0.25) is 0 Å². The normalized spacial score (nSPS) is 9.88. The maximum Gasteiger partial charge on any atom is 0.134 e. The summed E-state index contributed by atoms with van der Waals surface area (Å²) in [6, 6.07) is 17.4. The van der Waals surface area contributed by atoms with Crippen molar-refractivity contribution in [3.05, 3.63) is 60.4 Å². The maximum absolute atomic E-state index is 5.25. The van der Waals surface area contributed by atoms with Crippen LogP contribution in [-0.2, 0) is 0 Å². The number of aromatic nitrogens is 2. The molecule has 0 saturated heterocycles. The Labute approximate surface area is 153 Å². The van der Waals surface area contributed by atoms with Crippen LogP contribution in [0.1, 0.15) is 5.82 Å². The van der Waals surface area contributed by atoms with Gasteiger partial charge in [0, 0.05) is 23.4 Å². The van der Waals surface area contributed by atoms with E-state index in [0.29, 0.717) is 5.82 Å². The summed E-state index contributed by atoms with van der Waals surface area (Å²) in [4.78, 5) is 8.97. The van der Waals surface area contributed by atoms with E-state index in [0.717, 1.165) is 34.3 Å². The number of anilines is 2. The molecule has 0 unspecified atom stereocenters. The molecule has 1 heterocycles. The van der Waals surface area contributed by atoms with E-state index in [-0.39, 0.29) is 12.4 Å². The molecular formula is C19H20ClN3O2. The minimum atomic E-state index is 0. The molecule has 0 saturated carbocycles. The highest BCUT2D eigenvalue weighted by molar-refractivity contribution is 5.85. The first-order chi connectivity index (χ1) is 11.7. The first kappa shape index (κ1) is 18.5. The molecule has 3 aromatic rings. The fraction of sp³-hybridized carbons (Fsp3) is 0.158. The Kier molecular flexibility index (Phi) is 6.19. The van der Waals surface area contributed by atoms with Gasteiger partial charge in [0.15, 0.2) is 0 Å². The van der Waals surface area contributed by atoms with Gasteiger partial charge < -0.3 is 14.8 Å². The van der Waals surface area contributed by atoms with Crippen molar-refractivity contribution in [3.63, 3.8) is 0 Å². The summed E-state index contributed by atoms with van der Waals surface area (Å²) in [6.07, 6.45) is 0. The van der Waals surface area contributed by atoms with E-state index in [4.69, 9.17) is 9.47 Å². The van der Waals surface area contributed by atoms with Crippen molar-refractivity contribution in [3.8, 4) is 22.8 Å². The lowest BCUT2D eigenvalue weighted by Crippen LogP contribution is -1.99. The highest BCUT2D eigenvalue weighted by Gasteiger charge is 2.06. The first-order valence-electron chi connectivity index (χ1n) is 7.59. The molecule has 0 aliphatic heterocycles. The molecule has 0 bridgehead atoms. The van der Waals surface area contributed by atoms with Gasteiger partial charge in [-0.1, -0.05) is 6.07 Å². The molecule has 0 atom stereocenters. The van der Waals surface area contributed by atoms with Gasteiger partial charge in [0.05, 0.1) is 19.9 Å². The molecule has 6 heteroatoms. The minimum Gasteiger partial charge on any atom is -0.497 e. The van der Waals surface area contributed by atoms with Crippen LogP contribution >= 0.6 is 12.4 Å². The van der Waals surface area contributed by atoms with Crippen molar-refractivity contribution < 1.29 is 9.47 Å². The fourth-order valence-corrected chi connectivity index (χ4v) is 2.39. The topological polar surface area (TPSA) is 56.3 Å². The van der Waals surface area contributed by atoms with E-state index in [2.05, 4.69) is 15.3 Å². The molecule has 0 aliphatic carbocycles. The summed E-state index contributed by atoms with van der Waals surface area (Å²) in [5.41, 5.74) is 2.78. The predicted molar refractivity (Wildman–Crippen MR) is 102 cm³/mol. The lowest BCUT2D eigenvalue weighted by Gasteiger charge is -2.10. The first-order valence-corrected chi connectivity index (χ1v) is 7.59. The Morgan fingerprint density at radius 2 is 1.56 bits per heavy atom. The molecule has 2 aromatic carbocycles. The fourth-order valence-electron chi connectivity index (χ4n) is 2.39. The third-order valence-electron chi connectivity index (χ3n) is 3.57. The summed E-state index contributed by atoms with van der Waals surface area (Å²) < 4.78 is 10.4. The lowest BCUT2D eigenvalue weighted by atomic mass is 10.1.